The molecule has 86 heavy (non-hydrogen) atoms. The van der Waals surface area contributed by atoms with Crippen molar-refractivity contribution in [2.75, 3.05) is 0 Å². The molecule has 10 aromatic carbocycles. The Labute approximate surface area is 511 Å². The molecule has 4 aromatic heterocycles. The Morgan fingerprint density at radius 3 is 1.72 bits per heavy atom. The van der Waals surface area contributed by atoms with Crippen LogP contribution in [0.15, 0.2) is 219 Å². The Morgan fingerprint density at radius 1 is 0.500 bits per heavy atom. The molecule has 6 heteroatoms. The number of aromatic nitrogens is 5. The van der Waals surface area contributed by atoms with Crippen LogP contribution in [0.1, 0.15) is 97.3 Å². The molecule has 0 bridgehead atoms. The summed E-state index contributed by atoms with van der Waals surface area (Å²) in [5.41, 5.74) is 17.5. The lowest BCUT2D eigenvalue weighted by Gasteiger charge is -2.42. The average Bonchev–Trinajstić information content (AvgIpc) is 1.43. The second kappa shape index (κ2) is 18.9. The van der Waals surface area contributed by atoms with Gasteiger partial charge in [-0.05, 0) is 194 Å². The van der Waals surface area contributed by atoms with Crippen molar-refractivity contribution >= 4 is 54.6 Å². The molecule has 418 valence electrons. The number of hydrogen-bond donors (Lipinski definition) is 0. The van der Waals surface area contributed by atoms with E-state index in [-0.39, 0.29) is 32.9 Å². The van der Waals surface area contributed by atoms with E-state index in [0.717, 1.165) is 118 Å². The van der Waals surface area contributed by atoms with Crippen LogP contribution in [0.5, 0.6) is 11.5 Å². The zero-order valence-corrected chi connectivity index (χ0v) is 49.3. The molecule has 6 nitrogen and oxygen atoms in total. The molecule has 1 aliphatic heterocycles. The van der Waals surface area contributed by atoms with Crippen LogP contribution in [-0.2, 0) is 16.2 Å². The number of imidazole rings is 1. The van der Waals surface area contributed by atoms with Crippen LogP contribution in [0.25, 0.3) is 122 Å². The van der Waals surface area contributed by atoms with E-state index in [2.05, 4.69) is 231 Å². The van der Waals surface area contributed by atoms with Gasteiger partial charge in [0.2, 0.25) is 0 Å². The fraction of sp³-hybridized carbons (Fsp3) is 0.175. The highest BCUT2D eigenvalue weighted by Crippen LogP contribution is 2.53. The predicted molar refractivity (Wildman–Crippen MR) is 355 cm³/mol. The molecule has 0 fully saturated rings. The van der Waals surface area contributed by atoms with E-state index in [1.165, 1.54) is 16.7 Å². The van der Waals surface area contributed by atoms with Crippen LogP contribution >= 0.6 is 0 Å². The SMILES string of the molecule is [2H]C([2H])([2H])c1cccc(C([2H])([2H])[2H])c1-c1cc2c(c(-n3c4ccccc4c4ccccc43)c1)-[n+]1[c-]n(-c3cccc(Oc4ccc5c6ccccc6n(-c6cc(C(C)(C)C)ccn6)c5c4)c3)c3cccc(c31)-c1ccccc1-c1cc3c(cc1-2)C(C)(C)CCC3(C)C. The van der Waals surface area contributed by atoms with Gasteiger partial charge in [-0.3, -0.25) is 13.7 Å². The Kier molecular flexibility index (Phi) is 10.0. The first-order chi connectivity index (χ1) is 44.0. The summed E-state index contributed by atoms with van der Waals surface area (Å²) in [4.78, 5) is 4.94. The maximum atomic E-state index is 9.10. The number of pyridine rings is 1. The smallest absolute Gasteiger partial charge is 0.269 e. The minimum absolute atomic E-state index is 0.0355. The van der Waals surface area contributed by atoms with Gasteiger partial charge < -0.3 is 9.30 Å². The predicted octanol–water partition coefficient (Wildman–Crippen LogP) is 20.3. The Balaban J connectivity index is 1.00. The first kappa shape index (κ1) is 45.6. The van der Waals surface area contributed by atoms with Crippen molar-refractivity contribution in [2.24, 2.45) is 0 Å². The molecule has 0 unspecified atom stereocenters. The summed E-state index contributed by atoms with van der Waals surface area (Å²) < 4.78 is 70.4. The topological polar surface area (TPSA) is 40.8 Å². The van der Waals surface area contributed by atoms with Crippen LogP contribution in [0.2, 0.25) is 0 Å². The Morgan fingerprint density at radius 2 is 1.06 bits per heavy atom. The van der Waals surface area contributed by atoms with Gasteiger partial charge >= 0.3 is 0 Å². The van der Waals surface area contributed by atoms with Gasteiger partial charge in [-0.1, -0.05) is 176 Å². The standard InChI is InChI=1S/C80H67N5O/c1-49-21-18-22-50(2)75(49)51-41-65-64-47-67-66(79(6,7)38-39-80(67,8)9)46-63(64)57-26-11-10-25-56(57)62-30-20-34-71-76(62)83(77(65)73(42-51)84-68-31-15-12-27-58(68)59-28-13-16-32-69(59)84)48-82(71)53-23-19-24-54(44-53)86-55-35-36-61-60-29-14-17-33-70(60)85(72(61)45-55)74-43-52(37-40-81-74)78(3,4)5/h10-37,40-47H,38-39H2,1-9H3/i1D3,2D3. The zero-order chi connectivity index (χ0) is 63.5. The lowest BCUT2D eigenvalue weighted by Crippen LogP contribution is -2.34. The molecule has 0 atom stereocenters. The van der Waals surface area contributed by atoms with Gasteiger partial charge in [-0.2, -0.15) is 0 Å². The zero-order valence-electron chi connectivity index (χ0n) is 55.3. The van der Waals surface area contributed by atoms with Crippen molar-refractivity contribution in [1.82, 2.24) is 18.7 Å². The summed E-state index contributed by atoms with van der Waals surface area (Å²) in [6.07, 6.45) is 7.90. The van der Waals surface area contributed by atoms with Gasteiger partial charge in [0.1, 0.15) is 17.3 Å². The summed E-state index contributed by atoms with van der Waals surface area (Å²) in [7, 11) is 0. The van der Waals surface area contributed by atoms with Gasteiger partial charge in [-0.25, -0.2) is 4.98 Å². The Hall–Kier alpha value is -9.78. The van der Waals surface area contributed by atoms with Crippen molar-refractivity contribution in [3.8, 4) is 78.9 Å². The fourth-order valence-corrected chi connectivity index (χ4v) is 14.2. The quantitative estimate of drug-likeness (QED) is 0.123. The largest absolute Gasteiger partial charge is 0.458 e. The molecular weight excluding hydrogens is 1050 g/mol. The molecule has 2 aliphatic rings. The molecule has 0 amide bonds. The molecular formula is C80H67N5O. The third kappa shape index (κ3) is 7.91. The minimum atomic E-state index is -2.68. The summed E-state index contributed by atoms with van der Waals surface area (Å²) in [6.45, 7) is 10.7. The second-order valence-corrected chi connectivity index (χ2v) is 26.0. The van der Waals surface area contributed by atoms with Crippen LogP contribution < -0.4 is 9.30 Å². The highest BCUT2D eigenvalue weighted by atomic mass is 16.5. The van der Waals surface area contributed by atoms with Gasteiger partial charge in [0.15, 0.2) is 0 Å². The van der Waals surface area contributed by atoms with Crippen LogP contribution in [0.4, 0.5) is 0 Å². The van der Waals surface area contributed by atoms with Crippen LogP contribution in [-0.4, -0.2) is 18.7 Å². The van der Waals surface area contributed by atoms with Crippen molar-refractivity contribution in [3.05, 3.63) is 253 Å². The number of rotatable bonds is 6. The van der Waals surface area contributed by atoms with E-state index >= 15 is 0 Å². The van der Waals surface area contributed by atoms with E-state index in [1.54, 1.807) is 18.2 Å². The van der Waals surface area contributed by atoms with Crippen LogP contribution in [0.3, 0.4) is 0 Å². The number of nitrogens with zero attached hydrogens (tertiary/aromatic N) is 5. The molecule has 0 radical (unpaired) electrons. The van der Waals surface area contributed by atoms with Crippen LogP contribution in [0, 0.1) is 20.0 Å². The molecule has 5 heterocycles. The second-order valence-electron chi connectivity index (χ2n) is 26.0. The number of ether oxygens (including phenoxy) is 1. The number of hydrogen-bond acceptors (Lipinski definition) is 2. The normalized spacial score (nSPS) is 15.5. The lowest BCUT2D eigenvalue weighted by atomic mass is 9.62. The molecule has 0 N–H and O–H groups in total. The van der Waals surface area contributed by atoms with Crippen molar-refractivity contribution in [2.45, 2.75) is 91.3 Å². The molecule has 14 aromatic rings. The maximum Gasteiger partial charge on any atom is 0.269 e. The summed E-state index contributed by atoms with van der Waals surface area (Å²) in [5, 5.41) is 4.28. The number of fused-ring (bicyclic) bond motifs is 14. The van der Waals surface area contributed by atoms with Crippen molar-refractivity contribution in [3.63, 3.8) is 0 Å². The molecule has 0 spiro atoms. The van der Waals surface area contributed by atoms with E-state index < -0.39 is 13.7 Å². The maximum absolute atomic E-state index is 9.10. The third-order valence-corrected chi connectivity index (χ3v) is 18.8. The number of benzene rings is 10. The van der Waals surface area contributed by atoms with Gasteiger partial charge in [0, 0.05) is 42.0 Å². The number of para-hydroxylation sites is 4. The summed E-state index contributed by atoms with van der Waals surface area (Å²) >= 11 is 0. The van der Waals surface area contributed by atoms with E-state index in [4.69, 9.17) is 17.9 Å². The fourth-order valence-electron chi connectivity index (χ4n) is 14.2. The minimum Gasteiger partial charge on any atom is -0.458 e. The number of aryl methyl sites for hydroxylation is 2. The monoisotopic (exact) mass is 1120 g/mol. The van der Waals surface area contributed by atoms with E-state index in [9.17, 15) is 0 Å². The van der Waals surface area contributed by atoms with Crippen molar-refractivity contribution in [1.29, 1.82) is 0 Å². The van der Waals surface area contributed by atoms with Crippen molar-refractivity contribution < 1.29 is 17.5 Å². The first-order valence-electron chi connectivity index (χ1n) is 32.9. The average molecular weight is 1120 g/mol. The first-order valence-corrected chi connectivity index (χ1v) is 29.9. The van der Waals surface area contributed by atoms with Gasteiger partial charge in [-0.15, -0.1) is 0 Å². The highest BCUT2D eigenvalue weighted by Gasteiger charge is 2.39. The third-order valence-electron chi connectivity index (χ3n) is 18.8. The molecule has 16 rings (SSSR count). The van der Waals surface area contributed by atoms with Gasteiger partial charge in [0.05, 0.1) is 50.2 Å². The highest BCUT2D eigenvalue weighted by molar-refractivity contribution is 6.11. The summed E-state index contributed by atoms with van der Waals surface area (Å²) in [6, 6.07) is 72.7. The Bertz CT molecular complexity index is 5330. The summed E-state index contributed by atoms with van der Waals surface area (Å²) in [5.74, 6) is 2.13. The van der Waals surface area contributed by atoms with Gasteiger partial charge in [0.25, 0.3) is 6.33 Å². The molecule has 1 aliphatic carbocycles. The lowest BCUT2D eigenvalue weighted by molar-refractivity contribution is -0.571. The molecule has 0 saturated carbocycles. The van der Waals surface area contributed by atoms with E-state index in [0.29, 0.717) is 22.7 Å². The van der Waals surface area contributed by atoms with E-state index in [1.807, 2.05) is 42.6 Å². The molecule has 0 saturated heterocycles.